The van der Waals surface area contributed by atoms with Gasteiger partial charge in [-0.1, -0.05) is 20.8 Å². The maximum atomic E-state index is 6.11. The van der Waals surface area contributed by atoms with Crippen LogP contribution >= 0.6 is 0 Å². The molecule has 0 saturated heterocycles. The van der Waals surface area contributed by atoms with E-state index in [1.54, 1.807) is 7.11 Å². The lowest BCUT2D eigenvalue weighted by Gasteiger charge is -2.34. The second kappa shape index (κ2) is 8.06. The van der Waals surface area contributed by atoms with E-state index < -0.39 is 0 Å². The molecule has 104 valence electrons. The van der Waals surface area contributed by atoms with E-state index in [1.165, 1.54) is 0 Å². The Balaban J connectivity index is 4.22. The summed E-state index contributed by atoms with van der Waals surface area (Å²) in [6.45, 7) is 10.1. The molecule has 1 unspecified atom stereocenters. The molecule has 0 aromatic heterocycles. The fraction of sp³-hybridized carbons (Fsp3) is 1.00. The Kier molecular flexibility index (Phi) is 8.01. The highest BCUT2D eigenvalue weighted by atomic mass is 16.5. The maximum absolute atomic E-state index is 6.11. The van der Waals surface area contributed by atoms with Crippen LogP contribution in [0.4, 0.5) is 0 Å². The largest absolute Gasteiger partial charge is 0.378 e. The fourth-order valence-corrected chi connectivity index (χ4v) is 2.05. The van der Waals surface area contributed by atoms with Gasteiger partial charge in [-0.15, -0.1) is 0 Å². The normalized spacial score (nSPS) is 15.9. The quantitative estimate of drug-likeness (QED) is 0.643. The summed E-state index contributed by atoms with van der Waals surface area (Å²) < 4.78 is 11.6. The Morgan fingerprint density at radius 3 is 1.94 bits per heavy atom. The molecule has 0 aliphatic rings. The van der Waals surface area contributed by atoms with Gasteiger partial charge in [0.05, 0.1) is 17.8 Å². The van der Waals surface area contributed by atoms with Crippen LogP contribution in [0.3, 0.4) is 0 Å². The van der Waals surface area contributed by atoms with Crippen molar-refractivity contribution in [2.75, 3.05) is 20.3 Å². The van der Waals surface area contributed by atoms with E-state index in [0.29, 0.717) is 6.54 Å². The third-order valence-electron chi connectivity index (χ3n) is 4.17. The van der Waals surface area contributed by atoms with E-state index in [4.69, 9.17) is 15.2 Å². The zero-order chi connectivity index (χ0) is 13.4. The van der Waals surface area contributed by atoms with Crippen LogP contribution in [0.2, 0.25) is 0 Å². The van der Waals surface area contributed by atoms with Gasteiger partial charge in [-0.3, -0.25) is 0 Å². The van der Waals surface area contributed by atoms with E-state index in [9.17, 15) is 0 Å². The standard InChI is InChI=1S/C14H31NO2/c1-6-13(4,16-5)10-12-17-14(7-2,8-3)9-11-15/h6-12,15H2,1-5H3. The van der Waals surface area contributed by atoms with Gasteiger partial charge in [0.2, 0.25) is 0 Å². The smallest absolute Gasteiger partial charge is 0.0689 e. The van der Waals surface area contributed by atoms with Gasteiger partial charge < -0.3 is 15.2 Å². The molecule has 0 aromatic rings. The second-order valence-corrected chi connectivity index (χ2v) is 5.03. The molecule has 0 fully saturated rings. The second-order valence-electron chi connectivity index (χ2n) is 5.03. The predicted molar refractivity (Wildman–Crippen MR) is 73.3 cm³/mol. The Bertz CT molecular complexity index is 187. The van der Waals surface area contributed by atoms with Gasteiger partial charge in [0.25, 0.3) is 0 Å². The summed E-state index contributed by atoms with van der Waals surface area (Å²) in [4.78, 5) is 0. The first-order valence-electron chi connectivity index (χ1n) is 6.90. The lowest BCUT2D eigenvalue weighted by atomic mass is 9.92. The van der Waals surface area contributed by atoms with Crippen LogP contribution in [0.15, 0.2) is 0 Å². The average molecular weight is 245 g/mol. The molecule has 0 saturated carbocycles. The molecule has 17 heavy (non-hydrogen) atoms. The predicted octanol–water partition coefficient (Wildman–Crippen LogP) is 3.12. The molecule has 0 bridgehead atoms. The molecule has 0 aliphatic heterocycles. The molecule has 2 N–H and O–H groups in total. The van der Waals surface area contributed by atoms with Crippen molar-refractivity contribution in [1.82, 2.24) is 0 Å². The van der Waals surface area contributed by atoms with Crippen molar-refractivity contribution in [3.63, 3.8) is 0 Å². The Morgan fingerprint density at radius 1 is 1.00 bits per heavy atom. The van der Waals surface area contributed by atoms with Crippen LogP contribution in [0, 0.1) is 0 Å². The molecule has 0 heterocycles. The Labute approximate surface area is 107 Å². The van der Waals surface area contributed by atoms with Crippen molar-refractivity contribution >= 4 is 0 Å². The average Bonchev–Trinajstić information content (AvgIpc) is 2.37. The van der Waals surface area contributed by atoms with Gasteiger partial charge in [0.1, 0.15) is 0 Å². The van der Waals surface area contributed by atoms with Crippen molar-refractivity contribution in [2.45, 2.75) is 71.0 Å². The lowest BCUT2D eigenvalue weighted by Crippen LogP contribution is -2.36. The van der Waals surface area contributed by atoms with E-state index in [2.05, 4.69) is 27.7 Å². The highest BCUT2D eigenvalue weighted by Gasteiger charge is 2.28. The Morgan fingerprint density at radius 2 is 1.59 bits per heavy atom. The summed E-state index contributed by atoms with van der Waals surface area (Å²) in [6, 6.07) is 0. The lowest BCUT2D eigenvalue weighted by molar-refractivity contribution is -0.0870. The van der Waals surface area contributed by atoms with Crippen molar-refractivity contribution in [3.8, 4) is 0 Å². The van der Waals surface area contributed by atoms with Crippen LogP contribution in [-0.2, 0) is 9.47 Å². The number of hydrogen-bond donors (Lipinski definition) is 1. The fourth-order valence-electron chi connectivity index (χ4n) is 2.05. The number of nitrogens with two attached hydrogens (primary N) is 1. The van der Waals surface area contributed by atoms with Crippen LogP contribution in [0.1, 0.15) is 59.8 Å². The van der Waals surface area contributed by atoms with Crippen LogP contribution in [0.5, 0.6) is 0 Å². The SMILES string of the molecule is CCC(C)(CCOC(CC)(CC)CCN)OC. The van der Waals surface area contributed by atoms with Gasteiger partial charge in [-0.25, -0.2) is 0 Å². The molecular formula is C14H31NO2. The molecule has 3 nitrogen and oxygen atoms in total. The van der Waals surface area contributed by atoms with Crippen LogP contribution in [-0.4, -0.2) is 31.5 Å². The Hall–Kier alpha value is -0.120. The monoisotopic (exact) mass is 245 g/mol. The van der Waals surface area contributed by atoms with Crippen LogP contribution < -0.4 is 5.73 Å². The zero-order valence-electron chi connectivity index (χ0n) is 12.3. The highest BCUT2D eigenvalue weighted by Crippen LogP contribution is 2.26. The summed E-state index contributed by atoms with van der Waals surface area (Å²) >= 11 is 0. The molecular weight excluding hydrogens is 214 g/mol. The third-order valence-corrected chi connectivity index (χ3v) is 4.17. The van der Waals surface area contributed by atoms with Crippen molar-refractivity contribution < 1.29 is 9.47 Å². The number of methoxy groups -OCH3 is 1. The van der Waals surface area contributed by atoms with Crippen molar-refractivity contribution in [1.29, 1.82) is 0 Å². The third kappa shape index (κ3) is 5.36. The first-order chi connectivity index (χ1) is 8.01. The summed E-state index contributed by atoms with van der Waals surface area (Å²) in [5.74, 6) is 0. The molecule has 0 radical (unpaired) electrons. The molecule has 0 amide bonds. The maximum Gasteiger partial charge on any atom is 0.0689 e. The molecule has 0 aliphatic carbocycles. The van der Waals surface area contributed by atoms with Gasteiger partial charge in [-0.2, -0.15) is 0 Å². The zero-order valence-corrected chi connectivity index (χ0v) is 12.3. The number of rotatable bonds is 10. The number of ether oxygens (including phenoxy) is 2. The van der Waals surface area contributed by atoms with Gasteiger partial charge in [-0.05, 0) is 45.6 Å². The van der Waals surface area contributed by atoms with E-state index in [-0.39, 0.29) is 11.2 Å². The first kappa shape index (κ1) is 16.9. The van der Waals surface area contributed by atoms with E-state index >= 15 is 0 Å². The van der Waals surface area contributed by atoms with Crippen LogP contribution in [0.25, 0.3) is 0 Å². The molecule has 1 atom stereocenters. The molecule has 0 rings (SSSR count). The minimum absolute atomic E-state index is 0.0306. The van der Waals surface area contributed by atoms with Gasteiger partial charge >= 0.3 is 0 Å². The molecule has 0 spiro atoms. The minimum Gasteiger partial charge on any atom is -0.378 e. The van der Waals surface area contributed by atoms with E-state index in [0.717, 1.165) is 38.7 Å². The summed E-state index contributed by atoms with van der Waals surface area (Å²) in [5.41, 5.74) is 5.58. The van der Waals surface area contributed by atoms with Gasteiger partial charge in [0.15, 0.2) is 0 Å². The summed E-state index contributed by atoms with van der Waals surface area (Å²) in [7, 11) is 1.77. The molecule has 0 aromatic carbocycles. The molecule has 3 heteroatoms. The van der Waals surface area contributed by atoms with Crippen molar-refractivity contribution in [2.24, 2.45) is 5.73 Å². The van der Waals surface area contributed by atoms with Crippen molar-refractivity contribution in [3.05, 3.63) is 0 Å². The summed E-state index contributed by atoms with van der Waals surface area (Å²) in [6.07, 6.45) is 4.93. The minimum atomic E-state index is -0.0596. The van der Waals surface area contributed by atoms with Gasteiger partial charge in [0, 0.05) is 7.11 Å². The van der Waals surface area contributed by atoms with E-state index in [1.807, 2.05) is 0 Å². The summed E-state index contributed by atoms with van der Waals surface area (Å²) in [5, 5.41) is 0. The topological polar surface area (TPSA) is 44.5 Å². The number of hydrogen-bond acceptors (Lipinski definition) is 3. The first-order valence-corrected chi connectivity index (χ1v) is 6.90. The highest BCUT2D eigenvalue weighted by molar-refractivity contribution is 4.79.